The Kier molecular flexibility index (Phi) is 3.51. The van der Waals surface area contributed by atoms with Gasteiger partial charge in [0, 0.05) is 30.7 Å². The number of aliphatic hydroxyl groups is 1. The highest BCUT2D eigenvalue weighted by atomic mass is 79.9. The molecule has 0 aromatic heterocycles. The molecule has 1 aromatic rings. The number of quaternary nitrogens is 1. The van der Waals surface area contributed by atoms with Crippen LogP contribution in [0.4, 0.5) is 0 Å². The summed E-state index contributed by atoms with van der Waals surface area (Å²) in [7, 11) is 2.31. The lowest BCUT2D eigenvalue weighted by Crippen LogP contribution is -3.00. The van der Waals surface area contributed by atoms with Gasteiger partial charge in [-0.3, -0.25) is 4.79 Å². The predicted octanol–water partition coefficient (Wildman–Crippen LogP) is -1.33. The Hall–Kier alpha value is -1.11. The fourth-order valence-electron chi connectivity index (χ4n) is 6.94. The third-order valence-corrected chi connectivity index (χ3v) is 8.28. The smallest absolute Gasteiger partial charge is 0.174 e. The Morgan fingerprint density at radius 2 is 2.07 bits per heavy atom. The lowest BCUT2D eigenvalue weighted by atomic mass is 9.48. The zero-order valence-corrected chi connectivity index (χ0v) is 17.2. The molecule has 2 saturated carbocycles. The first-order chi connectivity index (χ1) is 12.4. The van der Waals surface area contributed by atoms with E-state index in [2.05, 4.69) is 7.05 Å². The van der Waals surface area contributed by atoms with Gasteiger partial charge in [0.2, 0.25) is 0 Å². The monoisotopic (exact) mass is 435 g/mol. The average molecular weight is 436 g/mol. The van der Waals surface area contributed by atoms with Crippen molar-refractivity contribution in [1.29, 1.82) is 0 Å². The number of phenolic OH excluding ortho intramolecular Hbond substituents is 1. The van der Waals surface area contributed by atoms with E-state index >= 15 is 0 Å². The van der Waals surface area contributed by atoms with Gasteiger partial charge < -0.3 is 36.4 Å². The number of likely N-dealkylation sites (N-methyl/N-ethyl adjacent to an activating group) is 1. The van der Waals surface area contributed by atoms with Gasteiger partial charge in [-0.1, -0.05) is 6.07 Å². The van der Waals surface area contributed by atoms with Crippen LogP contribution in [-0.4, -0.2) is 58.4 Å². The van der Waals surface area contributed by atoms with Crippen molar-refractivity contribution in [2.75, 3.05) is 20.1 Å². The van der Waals surface area contributed by atoms with Crippen molar-refractivity contribution < 1.29 is 41.2 Å². The SMILES string of the molecule is C[N+]1(CC2CC2)CC[C@]23c4c5ccc(O)c4OC2C(=O)CCC3(O)[C@H]1C5.[Br-]. The number of ketones is 1. The number of Topliss-reactive ketones (excluding diaryl/α,β-unsaturated/α-hetero) is 1. The summed E-state index contributed by atoms with van der Waals surface area (Å²) in [6.07, 6.45) is 4.42. The van der Waals surface area contributed by atoms with Crippen LogP contribution in [0.5, 0.6) is 11.5 Å². The van der Waals surface area contributed by atoms with Crippen LogP contribution >= 0.6 is 0 Å². The van der Waals surface area contributed by atoms with Crippen LogP contribution in [0, 0.1) is 5.92 Å². The zero-order valence-electron chi connectivity index (χ0n) is 15.6. The first-order valence-electron chi connectivity index (χ1n) is 10.0. The summed E-state index contributed by atoms with van der Waals surface area (Å²) in [5.74, 6) is 1.42. The standard InChI is InChI=1S/C21H25NO4.BrH/c1-22(11-12-2-3-12)9-8-20-17-13-4-5-14(23)18(17)26-19(20)15(24)6-7-21(20,25)16(22)10-13;/h4-5,12,16,19,25H,2-3,6-11H2,1H3;1H/t16-,19?,20+,21?,22?;/m1./s1. The van der Waals surface area contributed by atoms with Crippen LogP contribution in [0.25, 0.3) is 0 Å². The molecule has 3 fully saturated rings. The summed E-state index contributed by atoms with van der Waals surface area (Å²) in [6.45, 7) is 2.09. The molecule has 2 heterocycles. The van der Waals surface area contributed by atoms with Gasteiger partial charge in [0.1, 0.15) is 11.6 Å². The average Bonchev–Trinajstić information content (AvgIpc) is 3.32. The molecule has 0 radical (unpaired) electrons. The molecule has 2 aliphatic heterocycles. The highest BCUT2D eigenvalue weighted by Crippen LogP contribution is 2.65. The fourth-order valence-corrected chi connectivity index (χ4v) is 6.94. The molecule has 0 amide bonds. The Morgan fingerprint density at radius 1 is 1.30 bits per heavy atom. The second-order valence-electron chi connectivity index (χ2n) is 9.61. The molecule has 3 aliphatic carbocycles. The summed E-state index contributed by atoms with van der Waals surface area (Å²) >= 11 is 0. The van der Waals surface area contributed by atoms with Gasteiger partial charge >= 0.3 is 0 Å². The Morgan fingerprint density at radius 3 is 2.81 bits per heavy atom. The molecule has 6 rings (SSSR count). The van der Waals surface area contributed by atoms with Gasteiger partial charge in [-0.05, 0) is 30.9 Å². The predicted molar refractivity (Wildman–Crippen MR) is 94.1 cm³/mol. The molecule has 2 N–H and O–H groups in total. The molecule has 6 heteroatoms. The van der Waals surface area contributed by atoms with E-state index in [1.165, 1.54) is 12.8 Å². The van der Waals surface area contributed by atoms with E-state index in [9.17, 15) is 15.0 Å². The van der Waals surface area contributed by atoms with Crippen LogP contribution in [0.1, 0.15) is 43.2 Å². The van der Waals surface area contributed by atoms with Gasteiger partial charge in [0.05, 0.1) is 25.6 Å². The Balaban J connectivity index is 0.00000160. The molecule has 5 nitrogen and oxygen atoms in total. The number of nitrogens with zero attached hydrogens (tertiary/aromatic N) is 1. The summed E-state index contributed by atoms with van der Waals surface area (Å²) in [5.41, 5.74) is 0.492. The van der Waals surface area contributed by atoms with E-state index < -0.39 is 17.1 Å². The molecule has 2 bridgehead atoms. The van der Waals surface area contributed by atoms with Crippen LogP contribution in [0.2, 0.25) is 0 Å². The minimum Gasteiger partial charge on any atom is -1.00 e. The maximum atomic E-state index is 12.8. The minimum absolute atomic E-state index is 0. The first-order valence-corrected chi connectivity index (χ1v) is 10.0. The van der Waals surface area contributed by atoms with Crippen LogP contribution in [-0.2, 0) is 16.6 Å². The van der Waals surface area contributed by atoms with Gasteiger partial charge in [0.25, 0.3) is 0 Å². The molecule has 3 unspecified atom stereocenters. The number of phenols is 1. The number of carbonyl (C=O) groups is 1. The number of piperidine rings is 1. The number of benzene rings is 1. The molecule has 27 heavy (non-hydrogen) atoms. The third-order valence-electron chi connectivity index (χ3n) is 8.28. The Bertz CT molecular complexity index is 855. The number of hydrogen-bond donors (Lipinski definition) is 2. The highest BCUT2D eigenvalue weighted by Gasteiger charge is 2.76. The molecule has 1 spiro atoms. The van der Waals surface area contributed by atoms with Crippen molar-refractivity contribution >= 4 is 5.78 Å². The summed E-state index contributed by atoms with van der Waals surface area (Å²) in [5, 5.41) is 22.5. The van der Waals surface area contributed by atoms with E-state index in [0.29, 0.717) is 18.6 Å². The van der Waals surface area contributed by atoms with Crippen LogP contribution in [0.3, 0.4) is 0 Å². The van der Waals surface area contributed by atoms with Gasteiger partial charge in [0.15, 0.2) is 23.4 Å². The van der Waals surface area contributed by atoms with Crippen molar-refractivity contribution in [2.24, 2.45) is 5.92 Å². The number of halogens is 1. The largest absolute Gasteiger partial charge is 1.00 e. The molecule has 1 aromatic carbocycles. The van der Waals surface area contributed by atoms with Crippen molar-refractivity contribution in [3.05, 3.63) is 23.3 Å². The van der Waals surface area contributed by atoms with E-state index in [1.54, 1.807) is 6.07 Å². The van der Waals surface area contributed by atoms with Crippen molar-refractivity contribution in [3.63, 3.8) is 0 Å². The molecule has 146 valence electrons. The van der Waals surface area contributed by atoms with Gasteiger partial charge in [-0.25, -0.2) is 0 Å². The Labute approximate surface area is 169 Å². The number of aromatic hydroxyl groups is 1. The zero-order chi connectivity index (χ0) is 17.9. The number of rotatable bonds is 2. The van der Waals surface area contributed by atoms with E-state index in [-0.39, 0.29) is 34.6 Å². The lowest BCUT2D eigenvalue weighted by molar-refractivity contribution is -0.950. The molecular formula is C21H26BrNO4. The van der Waals surface area contributed by atoms with E-state index in [1.807, 2.05) is 6.07 Å². The van der Waals surface area contributed by atoms with Crippen molar-refractivity contribution in [1.82, 2.24) is 0 Å². The second kappa shape index (κ2) is 5.28. The number of hydrogen-bond acceptors (Lipinski definition) is 4. The van der Waals surface area contributed by atoms with Crippen molar-refractivity contribution in [2.45, 2.75) is 61.7 Å². The van der Waals surface area contributed by atoms with Gasteiger partial charge in [-0.2, -0.15) is 0 Å². The second-order valence-corrected chi connectivity index (χ2v) is 9.61. The maximum absolute atomic E-state index is 12.8. The minimum atomic E-state index is -0.931. The summed E-state index contributed by atoms with van der Waals surface area (Å²) in [4.78, 5) is 12.8. The molecule has 1 saturated heterocycles. The quantitative estimate of drug-likeness (QED) is 0.565. The summed E-state index contributed by atoms with van der Waals surface area (Å²) in [6, 6.07) is 3.77. The van der Waals surface area contributed by atoms with E-state index in [0.717, 1.165) is 47.5 Å². The number of likely N-dealkylation sites (tertiary alicyclic amines) is 1. The highest BCUT2D eigenvalue weighted by molar-refractivity contribution is 5.90. The van der Waals surface area contributed by atoms with Crippen LogP contribution in [0.15, 0.2) is 12.1 Å². The van der Waals surface area contributed by atoms with Crippen molar-refractivity contribution in [3.8, 4) is 11.5 Å². The number of carbonyl (C=O) groups excluding carboxylic acids is 1. The number of ether oxygens (including phenoxy) is 1. The third kappa shape index (κ3) is 1.94. The van der Waals surface area contributed by atoms with E-state index in [4.69, 9.17) is 4.74 Å². The van der Waals surface area contributed by atoms with Gasteiger partial charge in [-0.15, -0.1) is 0 Å². The lowest BCUT2D eigenvalue weighted by Gasteiger charge is -2.64. The normalized spacial score (nSPS) is 43.6. The summed E-state index contributed by atoms with van der Waals surface area (Å²) < 4.78 is 6.98. The van der Waals surface area contributed by atoms with Crippen LogP contribution < -0.4 is 21.7 Å². The molecule has 5 atom stereocenters. The fraction of sp³-hybridized carbons (Fsp3) is 0.667. The maximum Gasteiger partial charge on any atom is 0.174 e. The molecular weight excluding hydrogens is 410 g/mol. The topological polar surface area (TPSA) is 66.8 Å². The first kappa shape index (κ1) is 18.0. The molecule has 5 aliphatic rings.